The molecular formula is C22H17F9N6O3. The third-order valence-corrected chi connectivity index (χ3v) is 6.29. The molecule has 1 unspecified atom stereocenters. The zero-order valence-electron chi connectivity index (χ0n) is 19.9. The minimum atomic E-state index is -5.39. The summed E-state index contributed by atoms with van der Waals surface area (Å²) >= 11 is 0. The smallest absolute Gasteiger partial charge is 0.382 e. The van der Waals surface area contributed by atoms with Crippen molar-refractivity contribution in [2.45, 2.75) is 37.1 Å². The van der Waals surface area contributed by atoms with Crippen LogP contribution in [-0.2, 0) is 11.0 Å². The van der Waals surface area contributed by atoms with Crippen LogP contribution >= 0.6 is 0 Å². The van der Waals surface area contributed by atoms with Crippen molar-refractivity contribution in [3.05, 3.63) is 47.3 Å². The van der Waals surface area contributed by atoms with Gasteiger partial charge in [0.15, 0.2) is 5.82 Å². The topological polar surface area (TPSA) is 126 Å². The second kappa shape index (κ2) is 9.53. The van der Waals surface area contributed by atoms with Crippen LogP contribution in [0.3, 0.4) is 0 Å². The van der Waals surface area contributed by atoms with Gasteiger partial charge >= 0.3 is 12.4 Å². The highest BCUT2D eigenvalue weighted by molar-refractivity contribution is 5.96. The van der Waals surface area contributed by atoms with Gasteiger partial charge in [0, 0.05) is 18.2 Å². The van der Waals surface area contributed by atoms with E-state index in [0.717, 1.165) is 6.33 Å². The lowest BCUT2D eigenvalue weighted by Gasteiger charge is -2.29. The van der Waals surface area contributed by atoms with Crippen molar-refractivity contribution in [2.75, 3.05) is 18.8 Å². The molecule has 40 heavy (non-hydrogen) atoms. The molecule has 0 spiro atoms. The van der Waals surface area contributed by atoms with Crippen molar-refractivity contribution in [3.63, 3.8) is 0 Å². The van der Waals surface area contributed by atoms with E-state index in [2.05, 4.69) is 10.1 Å². The minimum Gasteiger partial charge on any atom is -0.382 e. The Bertz CT molecular complexity index is 1500. The van der Waals surface area contributed by atoms with Crippen LogP contribution in [0.1, 0.15) is 22.8 Å². The minimum absolute atomic E-state index is 0.165. The summed E-state index contributed by atoms with van der Waals surface area (Å²) in [4.78, 5) is 28.7. The van der Waals surface area contributed by atoms with Gasteiger partial charge < -0.3 is 21.1 Å². The van der Waals surface area contributed by atoms with Gasteiger partial charge in [-0.25, -0.2) is 22.7 Å². The number of nitrogens with one attached hydrogen (secondary N) is 1. The quantitative estimate of drug-likeness (QED) is 0.405. The van der Waals surface area contributed by atoms with Crippen molar-refractivity contribution < 1.29 is 54.2 Å². The molecule has 1 saturated heterocycles. The van der Waals surface area contributed by atoms with E-state index >= 15 is 0 Å². The zero-order chi connectivity index (χ0) is 29.9. The van der Waals surface area contributed by atoms with E-state index in [1.807, 2.05) is 5.32 Å². The van der Waals surface area contributed by atoms with E-state index in [4.69, 9.17) is 5.73 Å². The van der Waals surface area contributed by atoms with E-state index in [-0.39, 0.29) is 13.0 Å². The maximum atomic E-state index is 14.8. The van der Waals surface area contributed by atoms with Crippen LogP contribution in [0.25, 0.3) is 16.8 Å². The summed E-state index contributed by atoms with van der Waals surface area (Å²) in [5.41, 5.74) is -2.73. The predicted octanol–water partition coefficient (Wildman–Crippen LogP) is 2.87. The Morgan fingerprint density at radius 1 is 1.07 bits per heavy atom. The number of amides is 2. The Morgan fingerprint density at radius 3 is 2.33 bits per heavy atom. The van der Waals surface area contributed by atoms with Crippen LogP contribution < -0.4 is 11.1 Å². The summed E-state index contributed by atoms with van der Waals surface area (Å²) < 4.78 is 124. The molecule has 3 heterocycles. The van der Waals surface area contributed by atoms with Gasteiger partial charge in [0.25, 0.3) is 11.8 Å². The Hall–Kier alpha value is -4.09. The predicted molar refractivity (Wildman–Crippen MR) is 117 cm³/mol. The molecule has 3 aromatic rings. The Morgan fingerprint density at radius 2 is 1.73 bits per heavy atom. The average Bonchev–Trinajstić information content (AvgIpc) is 3.39. The maximum absolute atomic E-state index is 14.8. The van der Waals surface area contributed by atoms with Gasteiger partial charge in [-0.15, -0.1) is 0 Å². The summed E-state index contributed by atoms with van der Waals surface area (Å²) in [7, 11) is 0. The first-order valence-electron chi connectivity index (χ1n) is 11.1. The van der Waals surface area contributed by atoms with Crippen LogP contribution in [0, 0.1) is 11.6 Å². The standard InChI is InChI=1S/C22H17F9N6O3/c1-20(40,22(29,30)31)19(39)36-5-13(25)14(6-36)35-18(38)9-2-8(11(23)4-12(9)24)15-3-10(21(26,27)28)16-17(32)33-7-34-37(15)16/h2-4,7,13-14,40H,5-6H2,1H3,(H,35,38)(H2,32,33,34)/t13-,14+,20?/m0/s1. The van der Waals surface area contributed by atoms with E-state index in [1.54, 1.807) is 0 Å². The first-order valence-corrected chi connectivity index (χ1v) is 11.1. The third-order valence-electron chi connectivity index (χ3n) is 6.29. The fourth-order valence-electron chi connectivity index (χ4n) is 4.14. The van der Waals surface area contributed by atoms with Gasteiger partial charge in [0.1, 0.15) is 29.7 Å². The first kappa shape index (κ1) is 28.9. The molecule has 1 aromatic carbocycles. The van der Waals surface area contributed by atoms with E-state index < -0.39 is 100 Å². The fraction of sp³-hybridized carbons (Fsp3) is 0.364. The van der Waals surface area contributed by atoms with Crippen molar-refractivity contribution in [1.82, 2.24) is 24.8 Å². The second-order valence-electron chi connectivity index (χ2n) is 9.03. The lowest BCUT2D eigenvalue weighted by Crippen LogP contribution is -2.56. The normalized spacial score (nSPS) is 19.6. The number of alkyl halides is 7. The third kappa shape index (κ3) is 4.86. The SMILES string of the molecule is CC(O)(C(=O)N1C[C@H](F)[C@H](NC(=O)c2cc(-c3cc(C(F)(F)F)c4c(N)ncnn34)c(F)cc2F)C1)C(F)(F)F. The highest BCUT2D eigenvalue weighted by Gasteiger charge is 2.58. The summed E-state index contributed by atoms with van der Waals surface area (Å²) in [6, 6.07) is -0.519. The molecule has 0 saturated carbocycles. The molecule has 1 fully saturated rings. The molecular weight excluding hydrogens is 567 g/mol. The number of halogens is 9. The summed E-state index contributed by atoms with van der Waals surface area (Å²) in [5, 5.41) is 15.1. The number of nitrogens with zero attached hydrogens (tertiary/aromatic N) is 4. The monoisotopic (exact) mass is 584 g/mol. The highest BCUT2D eigenvalue weighted by Crippen LogP contribution is 2.39. The molecule has 18 heteroatoms. The molecule has 4 rings (SSSR count). The molecule has 2 amide bonds. The van der Waals surface area contributed by atoms with Gasteiger partial charge in [-0.2, -0.15) is 31.4 Å². The lowest BCUT2D eigenvalue weighted by molar-refractivity contribution is -0.249. The molecule has 4 N–H and O–H groups in total. The molecule has 1 aliphatic rings. The molecule has 216 valence electrons. The maximum Gasteiger partial charge on any atom is 0.426 e. The van der Waals surface area contributed by atoms with Crippen LogP contribution in [0.5, 0.6) is 0 Å². The number of anilines is 1. The molecule has 2 aromatic heterocycles. The summed E-state index contributed by atoms with van der Waals surface area (Å²) in [5.74, 6) is -6.85. The molecule has 3 atom stereocenters. The van der Waals surface area contributed by atoms with Crippen molar-refractivity contribution >= 4 is 23.1 Å². The molecule has 0 radical (unpaired) electrons. The average molecular weight is 584 g/mol. The van der Waals surface area contributed by atoms with Crippen molar-refractivity contribution in [3.8, 4) is 11.3 Å². The number of aromatic nitrogens is 3. The Labute approximate surface area is 217 Å². The van der Waals surface area contributed by atoms with Gasteiger partial charge in [-0.3, -0.25) is 9.59 Å². The highest BCUT2D eigenvalue weighted by atomic mass is 19.4. The molecule has 1 aliphatic heterocycles. The number of hydrogen-bond donors (Lipinski definition) is 3. The van der Waals surface area contributed by atoms with Gasteiger partial charge in [-0.05, 0) is 19.1 Å². The number of nitrogen functional groups attached to an aromatic ring is 1. The van der Waals surface area contributed by atoms with Crippen LogP contribution in [0.2, 0.25) is 0 Å². The summed E-state index contributed by atoms with van der Waals surface area (Å²) in [6.45, 7) is -1.63. The number of fused-ring (bicyclic) bond motifs is 1. The van der Waals surface area contributed by atoms with Crippen LogP contribution in [0.15, 0.2) is 24.5 Å². The van der Waals surface area contributed by atoms with Crippen molar-refractivity contribution in [2.24, 2.45) is 0 Å². The van der Waals surface area contributed by atoms with Crippen LogP contribution in [-0.4, -0.2) is 73.5 Å². The number of hydrogen-bond acceptors (Lipinski definition) is 6. The molecule has 0 bridgehead atoms. The number of likely N-dealkylation sites (tertiary alicyclic amines) is 1. The number of carbonyl (C=O) groups is 2. The Balaban J connectivity index is 1.66. The first-order chi connectivity index (χ1) is 18.3. The van der Waals surface area contributed by atoms with Crippen LogP contribution in [0.4, 0.5) is 45.3 Å². The van der Waals surface area contributed by atoms with Crippen molar-refractivity contribution in [1.29, 1.82) is 0 Å². The Kier molecular flexibility index (Phi) is 6.89. The fourth-order valence-corrected chi connectivity index (χ4v) is 4.14. The summed E-state index contributed by atoms with van der Waals surface area (Å²) in [6.07, 6.45) is -11.8. The second-order valence-corrected chi connectivity index (χ2v) is 9.03. The van der Waals surface area contributed by atoms with Gasteiger partial charge in [0.05, 0.1) is 29.4 Å². The number of benzene rings is 1. The lowest BCUT2D eigenvalue weighted by atomic mass is 10.0. The number of aliphatic hydroxyl groups is 1. The van der Waals surface area contributed by atoms with Gasteiger partial charge in [-0.1, -0.05) is 0 Å². The largest absolute Gasteiger partial charge is 0.426 e. The van der Waals surface area contributed by atoms with E-state index in [0.29, 0.717) is 21.5 Å². The zero-order valence-corrected chi connectivity index (χ0v) is 19.9. The number of rotatable bonds is 4. The molecule has 0 aliphatic carbocycles. The van der Waals surface area contributed by atoms with Gasteiger partial charge in [0.2, 0.25) is 5.60 Å². The number of nitrogens with two attached hydrogens (primary N) is 1. The molecule has 9 nitrogen and oxygen atoms in total. The van der Waals surface area contributed by atoms with E-state index in [9.17, 15) is 54.2 Å². The van der Waals surface area contributed by atoms with E-state index in [1.165, 1.54) is 0 Å². The number of carbonyl (C=O) groups excluding carboxylic acids is 2.